The van der Waals surface area contributed by atoms with E-state index in [0.29, 0.717) is 17.6 Å². The van der Waals surface area contributed by atoms with E-state index in [1.54, 1.807) is 0 Å². The van der Waals surface area contributed by atoms with Crippen LogP contribution in [0, 0.1) is 0 Å². The van der Waals surface area contributed by atoms with Gasteiger partial charge in [0.25, 0.3) is 0 Å². The van der Waals surface area contributed by atoms with Crippen LogP contribution in [-0.4, -0.2) is 73.6 Å². The van der Waals surface area contributed by atoms with Crippen molar-refractivity contribution in [2.24, 2.45) is 0 Å². The van der Waals surface area contributed by atoms with Crippen molar-refractivity contribution in [2.75, 3.05) is 72.4 Å². The highest BCUT2D eigenvalue weighted by Gasteiger charge is 2.22. The van der Waals surface area contributed by atoms with Crippen molar-refractivity contribution in [3.63, 3.8) is 0 Å². The van der Waals surface area contributed by atoms with Crippen molar-refractivity contribution < 1.29 is 4.74 Å². The van der Waals surface area contributed by atoms with E-state index in [4.69, 9.17) is 26.9 Å². The van der Waals surface area contributed by atoms with E-state index in [1.807, 2.05) is 0 Å². The SMILES string of the molecule is S=C(NCC1CCCO1)Nc1nc(N2CCCC2)cc(N2CCN(c3ccccc3)CC2)n1. The van der Waals surface area contributed by atoms with Crippen molar-refractivity contribution in [3.8, 4) is 0 Å². The average molecular weight is 468 g/mol. The Morgan fingerprint density at radius 2 is 1.58 bits per heavy atom. The summed E-state index contributed by atoms with van der Waals surface area (Å²) >= 11 is 5.53. The minimum Gasteiger partial charge on any atom is -0.376 e. The normalized spacial score (nSPS) is 20.8. The summed E-state index contributed by atoms with van der Waals surface area (Å²) < 4.78 is 5.68. The first-order valence-corrected chi connectivity index (χ1v) is 12.5. The summed E-state index contributed by atoms with van der Waals surface area (Å²) in [6.07, 6.45) is 4.85. The molecule has 9 heteroatoms. The fourth-order valence-electron chi connectivity index (χ4n) is 4.74. The Hall–Kier alpha value is -2.65. The Morgan fingerprint density at radius 1 is 0.909 bits per heavy atom. The van der Waals surface area contributed by atoms with Crippen LogP contribution in [0.25, 0.3) is 0 Å². The first kappa shape index (κ1) is 22.2. The van der Waals surface area contributed by atoms with Gasteiger partial charge in [0.2, 0.25) is 5.95 Å². The highest BCUT2D eigenvalue weighted by molar-refractivity contribution is 7.80. The maximum absolute atomic E-state index is 5.68. The number of aromatic nitrogens is 2. The fraction of sp³-hybridized carbons (Fsp3) is 0.542. The van der Waals surface area contributed by atoms with Gasteiger partial charge in [-0.15, -0.1) is 0 Å². The highest BCUT2D eigenvalue weighted by Crippen LogP contribution is 2.26. The molecule has 33 heavy (non-hydrogen) atoms. The summed E-state index contributed by atoms with van der Waals surface area (Å²) in [4.78, 5) is 16.8. The van der Waals surface area contributed by atoms with Crippen LogP contribution in [0.15, 0.2) is 36.4 Å². The second kappa shape index (κ2) is 10.5. The molecule has 1 unspecified atom stereocenters. The molecule has 1 aromatic carbocycles. The molecular weight excluding hydrogens is 434 g/mol. The zero-order valence-electron chi connectivity index (χ0n) is 19.1. The van der Waals surface area contributed by atoms with E-state index in [2.05, 4.69) is 61.7 Å². The monoisotopic (exact) mass is 467 g/mol. The van der Waals surface area contributed by atoms with Gasteiger partial charge in [-0.1, -0.05) is 18.2 Å². The maximum Gasteiger partial charge on any atom is 0.232 e. The lowest BCUT2D eigenvalue weighted by atomic mass is 10.2. The molecule has 3 aliphatic heterocycles. The number of piperazine rings is 1. The predicted octanol–water partition coefficient (Wildman–Crippen LogP) is 2.87. The van der Waals surface area contributed by atoms with Gasteiger partial charge in [-0.3, -0.25) is 0 Å². The van der Waals surface area contributed by atoms with E-state index < -0.39 is 0 Å². The first-order valence-electron chi connectivity index (χ1n) is 12.1. The molecule has 0 saturated carbocycles. The number of para-hydroxylation sites is 1. The van der Waals surface area contributed by atoms with Crippen LogP contribution in [0.1, 0.15) is 25.7 Å². The van der Waals surface area contributed by atoms with Crippen molar-refractivity contribution in [1.29, 1.82) is 0 Å². The maximum atomic E-state index is 5.68. The van der Waals surface area contributed by atoms with Gasteiger partial charge in [-0.2, -0.15) is 9.97 Å². The summed E-state index contributed by atoms with van der Waals surface area (Å²) in [6, 6.07) is 12.8. The van der Waals surface area contributed by atoms with Gasteiger partial charge in [0.15, 0.2) is 5.11 Å². The molecule has 0 bridgehead atoms. The molecule has 0 amide bonds. The number of hydrogen-bond acceptors (Lipinski definition) is 7. The highest BCUT2D eigenvalue weighted by atomic mass is 32.1. The topological polar surface area (TPSA) is 68.8 Å². The standard InChI is InChI=1S/C24H33N7OS/c33-24(25-18-20-9-6-16-32-20)28-23-26-21(30-10-4-5-11-30)17-22(27-23)31-14-12-29(13-15-31)19-7-2-1-3-8-19/h1-3,7-8,17,20H,4-6,9-16,18H2,(H2,25,26,27,28,33). The van der Waals surface area contributed by atoms with Crippen LogP contribution in [0.4, 0.5) is 23.3 Å². The molecular formula is C24H33N7OS. The van der Waals surface area contributed by atoms with Crippen LogP contribution >= 0.6 is 12.2 Å². The molecule has 1 aromatic heterocycles. The zero-order chi connectivity index (χ0) is 22.5. The second-order valence-corrected chi connectivity index (χ2v) is 9.29. The molecule has 4 heterocycles. The summed E-state index contributed by atoms with van der Waals surface area (Å²) in [5, 5.41) is 7.03. The van der Waals surface area contributed by atoms with E-state index in [9.17, 15) is 0 Å². The molecule has 5 rings (SSSR count). The van der Waals surface area contributed by atoms with Gasteiger partial charge in [-0.25, -0.2) is 0 Å². The Bertz CT molecular complexity index is 924. The van der Waals surface area contributed by atoms with E-state index in [-0.39, 0.29) is 6.10 Å². The fourth-order valence-corrected chi connectivity index (χ4v) is 4.91. The Labute approximate surface area is 201 Å². The summed E-state index contributed by atoms with van der Waals surface area (Å²) in [7, 11) is 0. The minimum atomic E-state index is 0.234. The van der Waals surface area contributed by atoms with Crippen LogP contribution < -0.4 is 25.3 Å². The third-order valence-corrected chi connectivity index (χ3v) is 6.84. The van der Waals surface area contributed by atoms with Crippen molar-refractivity contribution in [1.82, 2.24) is 15.3 Å². The molecule has 176 valence electrons. The number of hydrogen-bond donors (Lipinski definition) is 2. The molecule has 2 N–H and O–H groups in total. The van der Waals surface area contributed by atoms with Crippen molar-refractivity contribution in [2.45, 2.75) is 31.8 Å². The van der Waals surface area contributed by atoms with Crippen LogP contribution in [-0.2, 0) is 4.74 Å². The molecule has 0 aliphatic carbocycles. The molecule has 0 spiro atoms. The number of rotatable bonds is 6. The van der Waals surface area contributed by atoms with E-state index in [0.717, 1.165) is 70.4 Å². The Kier molecular flexibility index (Phi) is 7.06. The van der Waals surface area contributed by atoms with Gasteiger partial charge < -0.3 is 30.1 Å². The van der Waals surface area contributed by atoms with Crippen LogP contribution in [0.2, 0.25) is 0 Å². The first-order chi connectivity index (χ1) is 16.2. The Morgan fingerprint density at radius 3 is 2.24 bits per heavy atom. The third-order valence-electron chi connectivity index (χ3n) is 6.59. The lowest BCUT2D eigenvalue weighted by Gasteiger charge is -2.37. The van der Waals surface area contributed by atoms with Crippen molar-refractivity contribution >= 4 is 40.6 Å². The molecule has 0 radical (unpaired) electrons. The lowest BCUT2D eigenvalue weighted by molar-refractivity contribution is 0.114. The van der Waals surface area contributed by atoms with E-state index >= 15 is 0 Å². The smallest absolute Gasteiger partial charge is 0.232 e. The quantitative estimate of drug-likeness (QED) is 0.624. The zero-order valence-corrected chi connectivity index (χ0v) is 19.9. The van der Waals surface area contributed by atoms with Crippen LogP contribution in [0.3, 0.4) is 0 Å². The largest absolute Gasteiger partial charge is 0.376 e. The molecule has 3 aliphatic rings. The molecule has 3 fully saturated rings. The van der Waals surface area contributed by atoms with E-state index in [1.165, 1.54) is 18.5 Å². The van der Waals surface area contributed by atoms with Crippen molar-refractivity contribution in [3.05, 3.63) is 36.4 Å². The van der Waals surface area contributed by atoms with Gasteiger partial charge >= 0.3 is 0 Å². The van der Waals surface area contributed by atoms with Gasteiger partial charge in [-0.05, 0) is 50.0 Å². The van der Waals surface area contributed by atoms with Gasteiger partial charge in [0, 0.05) is 64.2 Å². The van der Waals surface area contributed by atoms with Crippen LogP contribution in [0.5, 0.6) is 0 Å². The number of benzene rings is 1. The molecule has 8 nitrogen and oxygen atoms in total. The summed E-state index contributed by atoms with van der Waals surface area (Å²) in [5.41, 5.74) is 1.28. The van der Waals surface area contributed by atoms with Gasteiger partial charge in [0.1, 0.15) is 11.6 Å². The number of anilines is 4. The number of ether oxygens (including phenoxy) is 1. The molecule has 3 saturated heterocycles. The lowest BCUT2D eigenvalue weighted by Crippen LogP contribution is -2.47. The third kappa shape index (κ3) is 5.65. The molecule has 1 atom stereocenters. The minimum absolute atomic E-state index is 0.234. The Balaban J connectivity index is 1.27. The molecule has 2 aromatic rings. The number of nitrogens with one attached hydrogen (secondary N) is 2. The second-order valence-electron chi connectivity index (χ2n) is 8.88. The number of thiocarbonyl (C=S) groups is 1. The summed E-state index contributed by atoms with van der Waals surface area (Å²) in [6.45, 7) is 7.42. The summed E-state index contributed by atoms with van der Waals surface area (Å²) in [5.74, 6) is 2.50. The van der Waals surface area contributed by atoms with Gasteiger partial charge in [0.05, 0.1) is 6.10 Å². The predicted molar refractivity (Wildman–Crippen MR) is 138 cm³/mol. The average Bonchev–Trinajstić information content (AvgIpc) is 3.58. The number of nitrogens with zero attached hydrogens (tertiary/aromatic N) is 5.